The lowest BCUT2D eigenvalue weighted by Crippen LogP contribution is -2.31. The second-order valence-corrected chi connectivity index (χ2v) is 7.55. The number of phenols is 1. The highest BCUT2D eigenvalue weighted by molar-refractivity contribution is 5.93. The number of methoxy groups -OCH3 is 1. The molecule has 4 aromatic carbocycles. The molecule has 4 rings (SSSR count). The van der Waals surface area contributed by atoms with Crippen molar-refractivity contribution in [2.24, 2.45) is 0 Å². The SMILES string of the molecule is COc1ccc2ccc(O)c(CC(=O)N(Cc3ccccc3)Cc3ccccc3)c2c1. The molecule has 0 aliphatic carbocycles. The van der Waals surface area contributed by atoms with Crippen molar-refractivity contribution in [1.82, 2.24) is 4.90 Å². The zero-order chi connectivity index (χ0) is 21.6. The average Bonchev–Trinajstić information content (AvgIpc) is 2.81. The molecule has 1 N–H and O–H groups in total. The van der Waals surface area contributed by atoms with Gasteiger partial charge < -0.3 is 14.7 Å². The summed E-state index contributed by atoms with van der Waals surface area (Å²) in [6, 6.07) is 29.1. The highest BCUT2D eigenvalue weighted by atomic mass is 16.5. The summed E-state index contributed by atoms with van der Waals surface area (Å²) in [5.74, 6) is 0.768. The number of aromatic hydroxyl groups is 1. The molecule has 156 valence electrons. The van der Waals surface area contributed by atoms with Crippen LogP contribution in [-0.4, -0.2) is 23.0 Å². The summed E-state index contributed by atoms with van der Waals surface area (Å²) in [5.41, 5.74) is 2.75. The van der Waals surface area contributed by atoms with Crippen LogP contribution >= 0.6 is 0 Å². The fraction of sp³-hybridized carbons (Fsp3) is 0.148. The van der Waals surface area contributed by atoms with Gasteiger partial charge in [0.15, 0.2) is 0 Å². The van der Waals surface area contributed by atoms with Crippen molar-refractivity contribution in [1.29, 1.82) is 0 Å². The van der Waals surface area contributed by atoms with Gasteiger partial charge in [-0.3, -0.25) is 4.79 Å². The molecular formula is C27H25NO3. The van der Waals surface area contributed by atoms with Gasteiger partial charge in [-0.2, -0.15) is 0 Å². The van der Waals surface area contributed by atoms with Crippen LogP contribution in [0.25, 0.3) is 10.8 Å². The Morgan fingerprint density at radius 3 is 2.00 bits per heavy atom. The Balaban J connectivity index is 1.66. The summed E-state index contributed by atoms with van der Waals surface area (Å²) in [7, 11) is 1.61. The molecule has 4 aromatic rings. The maximum absolute atomic E-state index is 13.5. The van der Waals surface area contributed by atoms with E-state index in [1.54, 1.807) is 13.2 Å². The number of phenolic OH excluding ortho intramolecular Hbond substituents is 1. The summed E-state index contributed by atoms with van der Waals surface area (Å²) in [6.45, 7) is 1.01. The van der Waals surface area contributed by atoms with Crippen LogP contribution < -0.4 is 4.74 Å². The van der Waals surface area contributed by atoms with E-state index in [0.29, 0.717) is 24.4 Å². The molecule has 4 nitrogen and oxygen atoms in total. The number of fused-ring (bicyclic) bond motifs is 1. The minimum Gasteiger partial charge on any atom is -0.508 e. The van der Waals surface area contributed by atoms with Crippen molar-refractivity contribution in [3.8, 4) is 11.5 Å². The molecule has 0 bridgehead atoms. The van der Waals surface area contributed by atoms with Gasteiger partial charge in [-0.1, -0.05) is 72.8 Å². The topological polar surface area (TPSA) is 49.8 Å². The number of hydrogen-bond donors (Lipinski definition) is 1. The molecule has 0 spiro atoms. The lowest BCUT2D eigenvalue weighted by molar-refractivity contribution is -0.131. The third-order valence-corrected chi connectivity index (χ3v) is 5.43. The van der Waals surface area contributed by atoms with Gasteiger partial charge in [-0.15, -0.1) is 0 Å². The zero-order valence-corrected chi connectivity index (χ0v) is 17.5. The molecule has 0 fully saturated rings. The van der Waals surface area contributed by atoms with E-state index in [1.165, 1.54) is 0 Å². The van der Waals surface area contributed by atoms with Crippen molar-refractivity contribution >= 4 is 16.7 Å². The molecule has 0 saturated carbocycles. The second kappa shape index (κ2) is 9.35. The highest BCUT2D eigenvalue weighted by Crippen LogP contribution is 2.31. The minimum absolute atomic E-state index is 0.0432. The average molecular weight is 412 g/mol. The van der Waals surface area contributed by atoms with Crippen molar-refractivity contribution in [3.05, 3.63) is 108 Å². The van der Waals surface area contributed by atoms with Crippen molar-refractivity contribution in [3.63, 3.8) is 0 Å². The van der Waals surface area contributed by atoms with Gasteiger partial charge in [0.25, 0.3) is 0 Å². The molecule has 0 aliphatic heterocycles. The van der Waals surface area contributed by atoms with E-state index in [4.69, 9.17) is 4.74 Å². The second-order valence-electron chi connectivity index (χ2n) is 7.55. The molecular weight excluding hydrogens is 386 g/mol. The molecule has 0 radical (unpaired) electrons. The maximum atomic E-state index is 13.5. The van der Waals surface area contributed by atoms with Crippen LogP contribution in [0.3, 0.4) is 0 Å². The number of amides is 1. The largest absolute Gasteiger partial charge is 0.508 e. The van der Waals surface area contributed by atoms with Gasteiger partial charge in [0.2, 0.25) is 5.91 Å². The van der Waals surface area contributed by atoms with Gasteiger partial charge in [-0.05, 0) is 40.1 Å². The first-order valence-electron chi connectivity index (χ1n) is 10.3. The van der Waals surface area contributed by atoms with E-state index in [1.807, 2.05) is 89.8 Å². The lowest BCUT2D eigenvalue weighted by Gasteiger charge is -2.24. The summed E-state index contributed by atoms with van der Waals surface area (Å²) in [6.07, 6.45) is 0.107. The Hall–Kier alpha value is -3.79. The Labute approximate surface area is 182 Å². The lowest BCUT2D eigenvalue weighted by atomic mass is 9.99. The van der Waals surface area contributed by atoms with E-state index in [9.17, 15) is 9.90 Å². The zero-order valence-electron chi connectivity index (χ0n) is 17.5. The Morgan fingerprint density at radius 2 is 1.42 bits per heavy atom. The maximum Gasteiger partial charge on any atom is 0.227 e. The molecule has 0 saturated heterocycles. The van der Waals surface area contributed by atoms with Gasteiger partial charge in [0.1, 0.15) is 11.5 Å². The van der Waals surface area contributed by atoms with Crippen molar-refractivity contribution in [2.75, 3.05) is 7.11 Å². The van der Waals surface area contributed by atoms with Gasteiger partial charge in [0.05, 0.1) is 13.5 Å². The van der Waals surface area contributed by atoms with E-state index in [-0.39, 0.29) is 18.1 Å². The molecule has 0 aromatic heterocycles. The quantitative estimate of drug-likeness (QED) is 0.447. The molecule has 0 unspecified atom stereocenters. The Morgan fingerprint density at radius 1 is 0.839 bits per heavy atom. The van der Waals surface area contributed by atoms with Gasteiger partial charge in [-0.25, -0.2) is 0 Å². The summed E-state index contributed by atoms with van der Waals surface area (Å²) in [5, 5.41) is 12.4. The van der Waals surface area contributed by atoms with Gasteiger partial charge in [0, 0.05) is 18.7 Å². The summed E-state index contributed by atoms with van der Waals surface area (Å²) in [4.78, 5) is 15.3. The van der Waals surface area contributed by atoms with Crippen LogP contribution in [0.4, 0.5) is 0 Å². The normalized spacial score (nSPS) is 10.7. The molecule has 0 atom stereocenters. The monoisotopic (exact) mass is 411 g/mol. The first kappa shape index (κ1) is 20.5. The number of hydrogen-bond acceptors (Lipinski definition) is 3. The number of ether oxygens (including phenoxy) is 1. The fourth-order valence-corrected chi connectivity index (χ4v) is 3.77. The van der Waals surface area contributed by atoms with Crippen LogP contribution in [0, 0.1) is 0 Å². The fourth-order valence-electron chi connectivity index (χ4n) is 3.77. The van der Waals surface area contributed by atoms with E-state index < -0.39 is 0 Å². The Bertz CT molecular complexity index is 1130. The summed E-state index contributed by atoms with van der Waals surface area (Å²) < 4.78 is 5.35. The first-order valence-corrected chi connectivity index (χ1v) is 10.3. The number of carbonyl (C=O) groups excluding carboxylic acids is 1. The third kappa shape index (κ3) is 4.86. The predicted octanol–water partition coefficient (Wildman–Crippen LogP) is 5.33. The smallest absolute Gasteiger partial charge is 0.227 e. The van der Waals surface area contributed by atoms with Gasteiger partial charge >= 0.3 is 0 Å². The molecule has 1 amide bonds. The number of nitrogens with zero attached hydrogens (tertiary/aromatic N) is 1. The standard InChI is InChI=1S/C27H25NO3/c1-31-23-14-12-22-13-15-26(29)25(24(22)16-23)17-27(30)28(18-20-8-4-2-5-9-20)19-21-10-6-3-7-11-21/h2-16,29H,17-19H2,1H3. The van der Waals surface area contributed by atoms with Crippen LogP contribution in [-0.2, 0) is 24.3 Å². The van der Waals surface area contributed by atoms with Crippen LogP contribution in [0.15, 0.2) is 91.0 Å². The van der Waals surface area contributed by atoms with Crippen LogP contribution in [0.1, 0.15) is 16.7 Å². The van der Waals surface area contributed by atoms with E-state index in [0.717, 1.165) is 21.9 Å². The molecule has 0 heterocycles. The van der Waals surface area contributed by atoms with Crippen molar-refractivity contribution in [2.45, 2.75) is 19.5 Å². The van der Waals surface area contributed by atoms with Crippen LogP contribution in [0.5, 0.6) is 11.5 Å². The number of rotatable bonds is 7. The van der Waals surface area contributed by atoms with Crippen LogP contribution in [0.2, 0.25) is 0 Å². The first-order chi connectivity index (χ1) is 15.1. The third-order valence-electron chi connectivity index (χ3n) is 5.43. The van der Waals surface area contributed by atoms with Crippen molar-refractivity contribution < 1.29 is 14.6 Å². The molecule has 0 aliphatic rings. The minimum atomic E-state index is -0.0432. The number of carbonyl (C=O) groups is 1. The number of benzene rings is 4. The highest BCUT2D eigenvalue weighted by Gasteiger charge is 2.19. The molecule has 4 heteroatoms. The molecule has 31 heavy (non-hydrogen) atoms. The van der Waals surface area contributed by atoms with E-state index >= 15 is 0 Å². The predicted molar refractivity (Wildman–Crippen MR) is 123 cm³/mol. The Kier molecular flexibility index (Phi) is 6.18. The summed E-state index contributed by atoms with van der Waals surface area (Å²) >= 11 is 0. The van der Waals surface area contributed by atoms with E-state index in [2.05, 4.69) is 0 Å².